The zero-order valence-electron chi connectivity index (χ0n) is 51.3. The van der Waals surface area contributed by atoms with Gasteiger partial charge in [-0.2, -0.15) is 0 Å². The van der Waals surface area contributed by atoms with Crippen molar-refractivity contribution in [1.29, 1.82) is 0 Å². The van der Waals surface area contributed by atoms with Gasteiger partial charge in [-0.15, -0.1) is 0 Å². The number of rotatable bonds is 12. The highest BCUT2D eigenvalue weighted by Gasteiger charge is 2.30. The largest absolute Gasteiger partial charge is 0.412 e. The number of halogens is 6. The molecule has 4 aliphatic heterocycles. The highest BCUT2D eigenvalue weighted by Crippen LogP contribution is 2.39. The predicted octanol–water partition coefficient (Wildman–Crippen LogP) is 11.1. The second-order valence-corrected chi connectivity index (χ2v) is 26.3. The molecule has 508 valence electrons. The number of hydrogen-bond acceptors (Lipinski definition) is 22. The Morgan fingerprint density at radius 1 is 0.459 bits per heavy atom. The SMILES string of the molecule is C1CCNCC1.CNC[C@H](O)[C@@H](O)[C@H](O)[C@H](O)CO.O.O=C1NC(=Nc2c(Cl)cccc2Cl)S/C1=C\c1ccc2nccnc2c1.O=C1NC(=Nc2c(Cl)cccc2Cl)S/C1=C\c1ccc2nccnc2c1.O=C1NC(=Nc2c(Cl)cccc2Cl)S/C1=C\c1ccc2nccnc2c1. The van der Waals surface area contributed by atoms with E-state index >= 15 is 0 Å². The van der Waals surface area contributed by atoms with E-state index < -0.39 is 31.0 Å². The quantitative estimate of drug-likeness (QED) is 0.0508. The zero-order chi connectivity index (χ0) is 69.0. The van der Waals surface area contributed by atoms with Gasteiger partial charge in [0.25, 0.3) is 17.7 Å². The molecule has 23 nitrogen and oxygen atoms in total. The third kappa shape index (κ3) is 21.5. The van der Waals surface area contributed by atoms with E-state index in [1.807, 2.05) is 54.6 Å². The molecule has 4 aliphatic rings. The number of aliphatic hydroxyl groups is 5. The second kappa shape index (κ2) is 37.6. The number of hydrogen-bond donors (Lipinski definition) is 10. The van der Waals surface area contributed by atoms with Crippen LogP contribution in [0.4, 0.5) is 17.1 Å². The molecule has 0 saturated carbocycles. The first kappa shape index (κ1) is 76.2. The number of piperidine rings is 1. The van der Waals surface area contributed by atoms with Crippen molar-refractivity contribution < 1.29 is 45.4 Å². The molecule has 0 radical (unpaired) electrons. The fourth-order valence-electron chi connectivity index (χ4n) is 8.89. The molecule has 0 unspecified atom stereocenters. The monoisotopic (exact) mass is 1500 g/mol. The molecule has 32 heteroatoms. The highest BCUT2D eigenvalue weighted by atomic mass is 35.5. The number of amides is 3. The van der Waals surface area contributed by atoms with Gasteiger partial charge in [-0.05, 0) is 176 Å². The average Bonchev–Trinajstić information content (AvgIpc) is 1.57. The summed E-state index contributed by atoms with van der Waals surface area (Å²) < 4.78 is 0. The summed E-state index contributed by atoms with van der Waals surface area (Å²) in [4.78, 5) is 76.9. The fourth-order valence-corrected chi connectivity index (χ4v) is 12.8. The molecular weight excluding hydrogens is 1440 g/mol. The number of benzene rings is 6. The van der Waals surface area contributed by atoms with Crippen LogP contribution in [0.5, 0.6) is 0 Å². The van der Waals surface area contributed by atoms with Gasteiger partial charge in [0.2, 0.25) is 0 Å². The molecule has 0 aliphatic carbocycles. The first-order valence-corrected chi connectivity index (χ1v) is 34.1. The normalized spacial score (nSPS) is 17.9. The zero-order valence-corrected chi connectivity index (χ0v) is 58.3. The third-order valence-corrected chi connectivity index (χ3v) is 18.3. The summed E-state index contributed by atoms with van der Waals surface area (Å²) in [5.41, 5.74) is 8.55. The second-order valence-electron chi connectivity index (χ2n) is 20.7. The van der Waals surface area contributed by atoms with Crippen molar-refractivity contribution >= 4 is 207 Å². The Labute approximate surface area is 603 Å². The van der Waals surface area contributed by atoms with Gasteiger partial charge in [0, 0.05) is 43.7 Å². The summed E-state index contributed by atoms with van der Waals surface area (Å²) in [6.45, 7) is 1.93. The van der Waals surface area contributed by atoms with E-state index in [1.54, 1.807) is 117 Å². The molecule has 0 bridgehead atoms. The Balaban J connectivity index is 0.000000165. The maximum Gasteiger partial charge on any atom is 0.264 e. The molecular formula is C66H60Cl6N14O9S3. The first-order chi connectivity index (χ1) is 46.8. The Hall–Kier alpha value is -7.55. The van der Waals surface area contributed by atoms with Gasteiger partial charge in [0.15, 0.2) is 15.5 Å². The van der Waals surface area contributed by atoms with Crippen molar-refractivity contribution in [2.24, 2.45) is 15.0 Å². The number of para-hydroxylation sites is 3. The van der Waals surface area contributed by atoms with Crippen molar-refractivity contribution in [3.63, 3.8) is 0 Å². The molecule has 13 rings (SSSR count). The van der Waals surface area contributed by atoms with E-state index in [0.29, 0.717) is 77.4 Å². The standard InChI is InChI=1S/3C18H10Cl2N4OS.C7H17NO5.C5H11N.H2O/c3*19-11-2-1-3-12(20)16(11)23-18-24-17(25)15(26-18)9-10-4-5-13-14(8-10)22-7-6-21-13;1-8-2-4(10)6(12)7(13)5(11)3-9;1-2-4-6-5-3-1;/h3*1-9H,(H,23,24,25);4-13H,2-3H2,1H3;6H,1-5H2;1H2/b3*15-9-;;;/t;;;4-,5+,6+,7+;;/m...0../s1. The summed E-state index contributed by atoms with van der Waals surface area (Å²) in [5, 5.41) is 62.7. The van der Waals surface area contributed by atoms with E-state index in [1.165, 1.54) is 67.6 Å². The van der Waals surface area contributed by atoms with Crippen LogP contribution in [0.15, 0.2) is 176 Å². The summed E-state index contributed by atoms with van der Waals surface area (Å²) >= 11 is 40.4. The molecule has 98 heavy (non-hydrogen) atoms. The smallest absolute Gasteiger partial charge is 0.264 e. The maximum absolute atomic E-state index is 12.2. The van der Waals surface area contributed by atoms with E-state index in [0.717, 1.165) is 49.8 Å². The number of amidine groups is 3. The lowest BCUT2D eigenvalue weighted by molar-refractivity contribution is -0.116. The molecule has 7 heterocycles. The molecule has 0 spiro atoms. The lowest BCUT2D eigenvalue weighted by atomic mass is 10.0. The lowest BCUT2D eigenvalue weighted by Crippen LogP contribution is -2.48. The number of carbonyl (C=O) groups excluding carboxylic acids is 3. The van der Waals surface area contributed by atoms with Gasteiger partial charge < -0.3 is 57.6 Å². The number of aliphatic imine (C=N–C) groups is 3. The van der Waals surface area contributed by atoms with Gasteiger partial charge in [0.05, 0.1) is 90.7 Å². The van der Waals surface area contributed by atoms with Gasteiger partial charge in [-0.1, -0.05) is 112 Å². The lowest BCUT2D eigenvalue weighted by Gasteiger charge is -2.25. The van der Waals surface area contributed by atoms with Crippen LogP contribution in [0.1, 0.15) is 36.0 Å². The van der Waals surface area contributed by atoms with Crippen LogP contribution >= 0.6 is 105 Å². The van der Waals surface area contributed by atoms with E-state index in [4.69, 9.17) is 90.0 Å². The van der Waals surface area contributed by atoms with Crippen molar-refractivity contribution in [1.82, 2.24) is 56.5 Å². The van der Waals surface area contributed by atoms with Crippen LogP contribution in [-0.4, -0.2) is 152 Å². The number of fused-ring (bicyclic) bond motifs is 3. The van der Waals surface area contributed by atoms with Crippen molar-refractivity contribution in [3.8, 4) is 0 Å². The van der Waals surface area contributed by atoms with Gasteiger partial charge in [0.1, 0.15) is 35.4 Å². The Bertz CT molecular complexity index is 4070. The fraction of sp³-hybridized carbons (Fsp3) is 0.182. The summed E-state index contributed by atoms with van der Waals surface area (Å²) in [5.74, 6) is -0.677. The topological polar surface area (TPSA) is 358 Å². The molecule has 4 saturated heterocycles. The highest BCUT2D eigenvalue weighted by molar-refractivity contribution is 8.19. The van der Waals surface area contributed by atoms with Crippen LogP contribution in [0, 0.1) is 0 Å². The third-order valence-electron chi connectivity index (χ3n) is 13.7. The summed E-state index contributed by atoms with van der Waals surface area (Å²) in [6.07, 6.45) is 13.7. The number of nitrogens with one attached hydrogen (secondary N) is 5. The van der Waals surface area contributed by atoms with Crippen LogP contribution in [-0.2, 0) is 14.4 Å². The Kier molecular flexibility index (Phi) is 29.2. The Morgan fingerprint density at radius 2 is 0.755 bits per heavy atom. The predicted molar refractivity (Wildman–Crippen MR) is 396 cm³/mol. The number of thioether (sulfide) groups is 3. The van der Waals surface area contributed by atoms with E-state index in [2.05, 4.69) is 71.5 Å². The van der Waals surface area contributed by atoms with Crippen molar-refractivity contribution in [3.05, 3.63) is 208 Å². The van der Waals surface area contributed by atoms with Crippen molar-refractivity contribution in [2.75, 3.05) is 33.3 Å². The van der Waals surface area contributed by atoms with Crippen LogP contribution in [0.2, 0.25) is 30.1 Å². The molecule has 6 aromatic carbocycles. The molecule has 3 amide bonds. The van der Waals surface area contributed by atoms with E-state index in [-0.39, 0.29) is 29.7 Å². The molecule has 4 fully saturated rings. The van der Waals surface area contributed by atoms with Gasteiger partial charge in [-0.3, -0.25) is 44.3 Å². The number of aliphatic hydroxyl groups excluding tert-OH is 5. The van der Waals surface area contributed by atoms with E-state index in [9.17, 15) is 19.5 Å². The number of nitrogens with zero attached hydrogens (tertiary/aromatic N) is 9. The molecule has 3 aromatic heterocycles. The van der Waals surface area contributed by atoms with Crippen molar-refractivity contribution in [2.45, 2.75) is 43.7 Å². The first-order valence-electron chi connectivity index (χ1n) is 29.4. The van der Waals surface area contributed by atoms with Crippen LogP contribution < -0.4 is 26.6 Å². The van der Waals surface area contributed by atoms with Crippen LogP contribution in [0.3, 0.4) is 0 Å². The Morgan fingerprint density at radius 3 is 1.02 bits per heavy atom. The maximum atomic E-state index is 12.2. The average molecular weight is 1500 g/mol. The van der Waals surface area contributed by atoms with Gasteiger partial charge in [-0.25, -0.2) is 15.0 Å². The summed E-state index contributed by atoms with van der Waals surface area (Å²) in [7, 11) is 1.57. The summed E-state index contributed by atoms with van der Waals surface area (Å²) in [6, 6.07) is 32.3. The number of likely N-dealkylation sites (N-methyl/N-ethyl adjacent to an activating group) is 1. The minimum absolute atomic E-state index is 0. The molecule has 9 aromatic rings. The minimum Gasteiger partial charge on any atom is -0.412 e. The van der Waals surface area contributed by atoms with Gasteiger partial charge >= 0.3 is 0 Å². The molecule has 4 atom stereocenters. The minimum atomic E-state index is -1.55. The molecule has 12 N–H and O–H groups in total. The number of carbonyl (C=O) groups is 3. The number of aromatic nitrogens is 6. The van der Waals surface area contributed by atoms with Crippen LogP contribution in [0.25, 0.3) is 51.3 Å².